The van der Waals surface area contributed by atoms with Gasteiger partial charge in [0.15, 0.2) is 11.0 Å². The highest BCUT2D eigenvalue weighted by Gasteiger charge is 2.34. The lowest BCUT2D eigenvalue weighted by Gasteiger charge is -2.24. The molecule has 9 nitrogen and oxygen atoms in total. The van der Waals surface area contributed by atoms with Crippen molar-refractivity contribution in [3.63, 3.8) is 0 Å². The summed E-state index contributed by atoms with van der Waals surface area (Å²) < 4.78 is 42.8. The molecule has 2 aliphatic rings. The molecule has 13 heteroatoms. The minimum absolute atomic E-state index is 0.0827. The average Bonchev–Trinajstić information content (AvgIpc) is 3.60. The highest BCUT2D eigenvalue weighted by molar-refractivity contribution is 8.15. The predicted molar refractivity (Wildman–Crippen MR) is 180 cm³/mol. The Morgan fingerprint density at radius 2 is 1.81 bits per heavy atom. The van der Waals surface area contributed by atoms with Crippen LogP contribution in [0.1, 0.15) is 49.3 Å². The molecule has 3 amide bonds. The zero-order chi connectivity index (χ0) is 34.0. The van der Waals surface area contributed by atoms with Crippen LogP contribution >= 0.6 is 11.8 Å². The first kappa shape index (κ1) is 33.3. The molecule has 6 rings (SSSR count). The summed E-state index contributed by atoms with van der Waals surface area (Å²) in [6, 6.07) is 18.8. The lowest BCUT2D eigenvalue weighted by molar-refractivity contribution is -0.274. The van der Waals surface area contributed by atoms with Gasteiger partial charge < -0.3 is 9.64 Å². The van der Waals surface area contributed by atoms with Gasteiger partial charge in [0.2, 0.25) is 5.91 Å². The van der Waals surface area contributed by atoms with E-state index >= 15 is 0 Å². The second-order valence-corrected chi connectivity index (χ2v) is 13.2. The van der Waals surface area contributed by atoms with Crippen LogP contribution in [0.5, 0.6) is 5.75 Å². The number of aromatic nitrogens is 3. The average molecular weight is 677 g/mol. The molecular weight excluding hydrogens is 641 g/mol. The molecule has 1 saturated carbocycles. The maximum absolute atomic E-state index is 13.6. The molecule has 0 bridgehead atoms. The van der Waals surface area contributed by atoms with Gasteiger partial charge in [0.25, 0.3) is 0 Å². The van der Waals surface area contributed by atoms with Gasteiger partial charge in [0.1, 0.15) is 12.1 Å². The van der Waals surface area contributed by atoms with E-state index in [1.807, 2.05) is 49.4 Å². The normalized spacial score (nSPS) is 15.9. The van der Waals surface area contributed by atoms with Crippen molar-refractivity contribution in [2.45, 2.75) is 52.3 Å². The fraction of sp³-hybridized carbons (Fsp3) is 0.343. The van der Waals surface area contributed by atoms with Crippen LogP contribution in [0.2, 0.25) is 0 Å². The van der Waals surface area contributed by atoms with E-state index in [0.717, 1.165) is 40.8 Å². The van der Waals surface area contributed by atoms with Gasteiger partial charge in [-0.25, -0.2) is 14.5 Å². The summed E-state index contributed by atoms with van der Waals surface area (Å²) in [5.41, 5.74) is 5.17. The predicted octanol–water partition coefficient (Wildman–Crippen LogP) is 7.78. The molecular formula is C35H35F3N6O3S. The maximum atomic E-state index is 13.6. The van der Waals surface area contributed by atoms with Crippen molar-refractivity contribution < 1.29 is 27.5 Å². The SMILES string of the molecule is Cc1ccc(C(C)C)c(N2C(=O)CS/C2=N\C(=O)N(CCc2ccc(-c3ncn(-c4ccc(OC(F)(F)F)cc4)n3)cc2)CC2CC2)c1. The van der Waals surface area contributed by atoms with E-state index < -0.39 is 6.36 Å². The third-order valence-electron chi connectivity index (χ3n) is 8.16. The van der Waals surface area contributed by atoms with Crippen molar-refractivity contribution in [3.8, 4) is 22.8 Å². The standard InChI is InChI=1S/C35H35F3N6O3S/c1-22(2)29-15-4-23(3)18-30(29)44-31(45)20-48-34(44)40-33(46)42(19-25-5-6-25)17-16-24-7-9-26(10-8-24)32-39-21-43(41-32)27-11-13-28(14-12-27)47-35(36,37)38/h4,7-15,18,21-22,25H,5-6,16-17,19-20H2,1-3H3/b40-34-. The van der Waals surface area contributed by atoms with Crippen molar-refractivity contribution in [2.75, 3.05) is 23.7 Å². The number of hydrogen-bond acceptors (Lipinski definition) is 6. The van der Waals surface area contributed by atoms with E-state index in [-0.39, 0.29) is 29.4 Å². The van der Waals surface area contributed by atoms with E-state index in [4.69, 9.17) is 0 Å². The number of alkyl halides is 3. The highest BCUT2D eigenvalue weighted by Crippen LogP contribution is 2.35. The van der Waals surface area contributed by atoms with Crippen molar-refractivity contribution in [2.24, 2.45) is 10.9 Å². The molecule has 250 valence electrons. The summed E-state index contributed by atoms with van der Waals surface area (Å²) >= 11 is 1.30. The lowest BCUT2D eigenvalue weighted by atomic mass is 9.99. The molecule has 1 aromatic heterocycles. The van der Waals surface area contributed by atoms with Gasteiger partial charge in [0.05, 0.1) is 17.1 Å². The quantitative estimate of drug-likeness (QED) is 0.170. The minimum Gasteiger partial charge on any atom is -0.406 e. The van der Waals surface area contributed by atoms with Gasteiger partial charge in [0, 0.05) is 18.7 Å². The molecule has 48 heavy (non-hydrogen) atoms. The van der Waals surface area contributed by atoms with Gasteiger partial charge in [-0.15, -0.1) is 18.3 Å². The molecule has 4 aromatic rings. The lowest BCUT2D eigenvalue weighted by Crippen LogP contribution is -2.36. The molecule has 2 fully saturated rings. The number of aliphatic imine (C=N–C) groups is 1. The van der Waals surface area contributed by atoms with Crippen LogP contribution in [-0.2, 0) is 11.2 Å². The Hall–Kier alpha value is -4.65. The number of thioether (sulfide) groups is 1. The maximum Gasteiger partial charge on any atom is 0.573 e. The summed E-state index contributed by atoms with van der Waals surface area (Å²) in [5, 5.41) is 4.89. The van der Waals surface area contributed by atoms with Crippen LogP contribution in [0.15, 0.2) is 78.0 Å². The van der Waals surface area contributed by atoms with Gasteiger partial charge in [-0.1, -0.05) is 62.0 Å². The number of carbonyl (C=O) groups excluding carboxylic acids is 2. The molecule has 1 saturated heterocycles. The first-order valence-electron chi connectivity index (χ1n) is 15.7. The molecule has 0 atom stereocenters. The molecule has 0 radical (unpaired) electrons. The molecule has 0 N–H and O–H groups in total. The second kappa shape index (κ2) is 13.8. The number of anilines is 1. The van der Waals surface area contributed by atoms with Crippen LogP contribution in [0.3, 0.4) is 0 Å². The fourth-order valence-corrected chi connectivity index (χ4v) is 6.31. The number of urea groups is 1. The number of hydrogen-bond donors (Lipinski definition) is 0. The Labute approximate surface area is 280 Å². The monoisotopic (exact) mass is 676 g/mol. The van der Waals surface area contributed by atoms with Crippen molar-refractivity contribution in [1.29, 1.82) is 0 Å². The van der Waals surface area contributed by atoms with Gasteiger partial charge in [-0.2, -0.15) is 4.99 Å². The number of benzene rings is 3. The first-order chi connectivity index (χ1) is 22.9. The molecule has 3 aromatic carbocycles. The Kier molecular flexibility index (Phi) is 9.58. The number of carbonyl (C=O) groups is 2. The summed E-state index contributed by atoms with van der Waals surface area (Å²) in [6.45, 7) is 7.25. The summed E-state index contributed by atoms with van der Waals surface area (Å²) in [4.78, 5) is 38.9. The Balaban J connectivity index is 1.12. The first-order valence-corrected chi connectivity index (χ1v) is 16.7. The number of aryl methyl sites for hydroxylation is 1. The van der Waals surface area contributed by atoms with Gasteiger partial charge >= 0.3 is 12.4 Å². The largest absolute Gasteiger partial charge is 0.573 e. The number of ether oxygens (including phenoxy) is 1. The third-order valence-corrected chi connectivity index (χ3v) is 9.08. The van der Waals surface area contributed by atoms with Crippen LogP contribution in [-0.4, -0.2) is 62.0 Å². The van der Waals surface area contributed by atoms with Gasteiger partial charge in [-0.3, -0.25) is 9.69 Å². The van der Waals surface area contributed by atoms with Crippen LogP contribution in [0.25, 0.3) is 17.1 Å². The number of nitrogens with zero attached hydrogens (tertiary/aromatic N) is 6. The summed E-state index contributed by atoms with van der Waals surface area (Å²) in [6.07, 6.45) is -0.485. The Bertz CT molecular complexity index is 1820. The Morgan fingerprint density at radius 1 is 1.08 bits per heavy atom. The third kappa shape index (κ3) is 8.07. The van der Waals surface area contributed by atoms with E-state index in [9.17, 15) is 22.8 Å². The summed E-state index contributed by atoms with van der Waals surface area (Å²) in [7, 11) is 0. The Morgan fingerprint density at radius 3 is 2.48 bits per heavy atom. The van der Waals surface area contributed by atoms with E-state index in [2.05, 4.69) is 33.7 Å². The van der Waals surface area contributed by atoms with Crippen LogP contribution in [0, 0.1) is 12.8 Å². The van der Waals surface area contributed by atoms with Crippen molar-refractivity contribution >= 4 is 34.6 Å². The highest BCUT2D eigenvalue weighted by atomic mass is 32.2. The van der Waals surface area contributed by atoms with Crippen LogP contribution < -0.4 is 9.64 Å². The second-order valence-electron chi connectivity index (χ2n) is 12.3. The molecule has 2 heterocycles. The molecule has 0 spiro atoms. The topological polar surface area (TPSA) is 92.9 Å². The van der Waals surface area contributed by atoms with Crippen molar-refractivity contribution in [1.82, 2.24) is 19.7 Å². The molecule has 1 aliphatic heterocycles. The van der Waals surface area contributed by atoms with Crippen LogP contribution in [0.4, 0.5) is 23.7 Å². The minimum atomic E-state index is -4.76. The number of halogens is 3. The van der Waals surface area contributed by atoms with Gasteiger partial charge in [-0.05, 0) is 85.0 Å². The number of rotatable bonds is 10. The van der Waals surface area contributed by atoms with Crippen molar-refractivity contribution in [3.05, 3.63) is 89.7 Å². The molecule has 0 unspecified atom stereocenters. The zero-order valence-corrected chi connectivity index (χ0v) is 27.6. The van der Waals surface area contributed by atoms with E-state index in [0.29, 0.717) is 42.1 Å². The number of amidine groups is 1. The smallest absolute Gasteiger partial charge is 0.406 e. The zero-order valence-electron chi connectivity index (χ0n) is 26.8. The molecule has 1 aliphatic carbocycles. The fourth-order valence-electron chi connectivity index (χ4n) is 5.45. The van der Waals surface area contributed by atoms with E-state index in [1.54, 1.807) is 9.80 Å². The van der Waals surface area contributed by atoms with E-state index in [1.165, 1.54) is 47.0 Å². The number of amides is 3. The summed E-state index contributed by atoms with van der Waals surface area (Å²) in [5.74, 6) is 0.959.